The smallest absolute Gasteiger partial charge is 0.399 e. The molecule has 0 bridgehead atoms. The molecule has 0 N–H and O–H groups in total. The topological polar surface area (TPSA) is 48.7 Å². The van der Waals surface area contributed by atoms with E-state index < -0.39 is 0 Å². The molecule has 1 saturated heterocycles. The van der Waals surface area contributed by atoms with Crippen LogP contribution in [0.5, 0.6) is 0 Å². The van der Waals surface area contributed by atoms with Crippen molar-refractivity contribution in [3.8, 4) is 10.4 Å². The van der Waals surface area contributed by atoms with E-state index in [2.05, 4.69) is 85.7 Å². The Labute approximate surface area is 184 Å². The Morgan fingerprint density at radius 1 is 0.935 bits per heavy atom. The zero-order valence-corrected chi connectivity index (χ0v) is 18.7. The largest absolute Gasteiger partial charge is 0.505 e. The van der Waals surface area contributed by atoms with Crippen LogP contribution >= 0.6 is 11.3 Å². The molecule has 0 amide bonds. The van der Waals surface area contributed by atoms with Gasteiger partial charge in [-0.3, -0.25) is 4.40 Å². The summed E-state index contributed by atoms with van der Waals surface area (Å²) in [6, 6.07) is 16.7. The van der Waals surface area contributed by atoms with Gasteiger partial charge in [0.15, 0.2) is 5.65 Å². The molecule has 5 nitrogen and oxygen atoms in total. The van der Waals surface area contributed by atoms with Gasteiger partial charge in [0.25, 0.3) is 0 Å². The number of fused-ring (bicyclic) bond motifs is 5. The zero-order valence-electron chi connectivity index (χ0n) is 17.9. The summed E-state index contributed by atoms with van der Waals surface area (Å²) in [6.07, 6.45) is 4.04. The van der Waals surface area contributed by atoms with Gasteiger partial charge >= 0.3 is 7.12 Å². The Morgan fingerprint density at radius 2 is 1.71 bits per heavy atom. The van der Waals surface area contributed by atoms with Crippen LogP contribution in [0.25, 0.3) is 38.0 Å². The van der Waals surface area contributed by atoms with Crippen LogP contribution in [0.4, 0.5) is 0 Å². The van der Waals surface area contributed by atoms with Gasteiger partial charge in [0.1, 0.15) is 5.65 Å². The Bertz CT molecular complexity index is 1450. The molecular formula is C24H22BN3O2S. The summed E-state index contributed by atoms with van der Waals surface area (Å²) in [7, 11) is -0.338. The number of nitrogens with zero attached hydrogens (tertiary/aromatic N) is 3. The Kier molecular flexibility index (Phi) is 3.91. The Hall–Kier alpha value is -2.74. The first-order chi connectivity index (χ1) is 14.8. The summed E-state index contributed by atoms with van der Waals surface area (Å²) in [4.78, 5) is 10.5. The molecule has 0 aliphatic carbocycles. The molecule has 0 atom stereocenters. The normalized spacial score (nSPS) is 17.9. The number of pyridine rings is 2. The average Bonchev–Trinajstić information content (AvgIpc) is 3.42. The standard InChI is InChI=1S/C24H22BN3O2S/c1-23(2)24(3,4)30-25(29-23)19-11-10-18(31-19)16-9-12-20-27-22-21(28(20)14-16)17-8-6-5-7-15(17)13-26-22/h5-14H,1-4H3. The van der Waals surface area contributed by atoms with Crippen molar-refractivity contribution in [1.82, 2.24) is 14.4 Å². The fourth-order valence-corrected chi connectivity index (χ4v) is 5.03. The molecule has 5 aromatic rings. The van der Waals surface area contributed by atoms with Gasteiger partial charge in [0, 0.05) is 38.4 Å². The van der Waals surface area contributed by atoms with Crippen molar-refractivity contribution >= 4 is 50.8 Å². The SMILES string of the molecule is CC1(C)OB(c2ccc(-c3ccc4nc5ncc6ccccc6c5n4c3)s2)OC1(C)C. The number of benzene rings is 1. The molecule has 31 heavy (non-hydrogen) atoms. The molecular weight excluding hydrogens is 405 g/mol. The van der Waals surface area contributed by atoms with Crippen LogP contribution in [0.15, 0.2) is 60.9 Å². The van der Waals surface area contributed by atoms with Crippen molar-refractivity contribution in [3.05, 3.63) is 60.9 Å². The molecule has 0 saturated carbocycles. The highest BCUT2D eigenvalue weighted by Gasteiger charge is 2.52. The third kappa shape index (κ3) is 2.84. The van der Waals surface area contributed by atoms with Crippen LogP contribution in [-0.4, -0.2) is 32.7 Å². The van der Waals surface area contributed by atoms with Crippen LogP contribution in [0.2, 0.25) is 0 Å². The highest BCUT2D eigenvalue weighted by atomic mass is 32.1. The maximum Gasteiger partial charge on any atom is 0.505 e. The van der Waals surface area contributed by atoms with Crippen LogP contribution in [0.3, 0.4) is 0 Å². The monoisotopic (exact) mass is 427 g/mol. The van der Waals surface area contributed by atoms with Crippen molar-refractivity contribution in [2.45, 2.75) is 38.9 Å². The van der Waals surface area contributed by atoms with Crippen molar-refractivity contribution < 1.29 is 9.31 Å². The summed E-state index contributed by atoms with van der Waals surface area (Å²) < 4.78 is 15.7. The lowest BCUT2D eigenvalue weighted by Gasteiger charge is -2.32. The van der Waals surface area contributed by atoms with Crippen molar-refractivity contribution in [2.75, 3.05) is 0 Å². The summed E-state index contributed by atoms with van der Waals surface area (Å²) in [6.45, 7) is 8.33. The highest BCUT2D eigenvalue weighted by molar-refractivity contribution is 7.25. The van der Waals surface area contributed by atoms with Gasteiger partial charge in [-0.1, -0.05) is 30.3 Å². The second kappa shape index (κ2) is 6.39. The number of aromatic nitrogens is 3. The summed E-state index contributed by atoms with van der Waals surface area (Å²) in [5, 5.41) is 2.27. The van der Waals surface area contributed by atoms with Crippen molar-refractivity contribution in [2.24, 2.45) is 0 Å². The molecule has 7 heteroatoms. The van der Waals surface area contributed by atoms with Crippen LogP contribution in [0, 0.1) is 0 Å². The number of hydrogen-bond donors (Lipinski definition) is 0. The van der Waals surface area contributed by atoms with E-state index >= 15 is 0 Å². The lowest BCUT2D eigenvalue weighted by Crippen LogP contribution is -2.41. The second-order valence-corrected chi connectivity index (χ2v) is 10.2. The molecule has 0 radical (unpaired) electrons. The number of hydrogen-bond acceptors (Lipinski definition) is 5. The minimum Gasteiger partial charge on any atom is -0.399 e. The molecule has 1 aliphatic rings. The maximum absolute atomic E-state index is 6.23. The fraction of sp³-hybridized carbons (Fsp3) is 0.250. The van der Waals surface area contributed by atoms with E-state index in [9.17, 15) is 0 Å². The molecule has 6 rings (SSSR count). The molecule has 1 fully saturated rings. The van der Waals surface area contributed by atoms with Crippen LogP contribution in [-0.2, 0) is 9.31 Å². The molecule has 4 aromatic heterocycles. The van der Waals surface area contributed by atoms with Gasteiger partial charge in [-0.15, -0.1) is 11.3 Å². The average molecular weight is 427 g/mol. The van der Waals surface area contributed by atoms with Gasteiger partial charge in [-0.05, 0) is 45.9 Å². The molecule has 0 unspecified atom stereocenters. The summed E-state index contributed by atoms with van der Waals surface area (Å²) in [5.41, 5.74) is 3.14. The predicted molar refractivity (Wildman–Crippen MR) is 127 cm³/mol. The minimum absolute atomic E-state index is 0.338. The first-order valence-corrected chi connectivity index (χ1v) is 11.3. The summed E-state index contributed by atoms with van der Waals surface area (Å²) in [5.74, 6) is 0. The zero-order chi connectivity index (χ0) is 21.4. The molecule has 154 valence electrons. The van der Waals surface area contributed by atoms with E-state index in [0.29, 0.717) is 0 Å². The number of imidazole rings is 1. The lowest BCUT2D eigenvalue weighted by molar-refractivity contribution is 0.00578. The van der Waals surface area contributed by atoms with E-state index in [1.54, 1.807) is 11.3 Å². The second-order valence-electron chi connectivity index (χ2n) is 9.07. The first-order valence-electron chi connectivity index (χ1n) is 10.4. The van der Waals surface area contributed by atoms with Gasteiger partial charge in [0.05, 0.1) is 16.7 Å². The van der Waals surface area contributed by atoms with Crippen LogP contribution < -0.4 is 4.78 Å². The fourth-order valence-electron chi connectivity index (χ4n) is 4.07. The third-order valence-electron chi connectivity index (χ3n) is 6.54. The third-order valence-corrected chi connectivity index (χ3v) is 7.69. The van der Waals surface area contributed by atoms with Crippen LogP contribution in [0.1, 0.15) is 27.7 Å². The molecule has 0 spiro atoms. The van der Waals surface area contributed by atoms with Crippen molar-refractivity contribution in [1.29, 1.82) is 0 Å². The van der Waals surface area contributed by atoms with Crippen molar-refractivity contribution in [3.63, 3.8) is 0 Å². The first kappa shape index (κ1) is 19.0. The Balaban J connectivity index is 1.44. The highest BCUT2D eigenvalue weighted by Crippen LogP contribution is 2.37. The minimum atomic E-state index is -0.343. The van der Waals surface area contributed by atoms with Gasteiger partial charge in [-0.25, -0.2) is 9.97 Å². The van der Waals surface area contributed by atoms with Gasteiger partial charge in [-0.2, -0.15) is 0 Å². The number of thiophene rings is 1. The van der Waals surface area contributed by atoms with Gasteiger partial charge < -0.3 is 9.31 Å². The molecule has 1 aliphatic heterocycles. The van der Waals surface area contributed by atoms with E-state index in [0.717, 1.165) is 37.9 Å². The quantitative estimate of drug-likeness (QED) is 0.370. The van der Waals surface area contributed by atoms with E-state index in [1.807, 2.05) is 12.3 Å². The van der Waals surface area contributed by atoms with E-state index in [1.165, 1.54) is 4.88 Å². The molecule has 1 aromatic carbocycles. The lowest BCUT2D eigenvalue weighted by atomic mass is 9.88. The Morgan fingerprint density at radius 3 is 2.52 bits per heavy atom. The van der Waals surface area contributed by atoms with E-state index in [-0.39, 0.29) is 18.3 Å². The van der Waals surface area contributed by atoms with Gasteiger partial charge in [0.2, 0.25) is 0 Å². The van der Waals surface area contributed by atoms with E-state index in [4.69, 9.17) is 14.3 Å². The number of rotatable bonds is 2. The maximum atomic E-state index is 6.23. The predicted octanol–water partition coefficient (Wildman–Crippen LogP) is 5.06. The summed E-state index contributed by atoms with van der Waals surface area (Å²) >= 11 is 1.71. The molecule has 5 heterocycles.